The van der Waals surface area contributed by atoms with Crippen molar-refractivity contribution in [3.05, 3.63) is 12.2 Å². The molecule has 6 aliphatic rings. The molecule has 1 amide bonds. The minimum Gasteiger partial charge on any atom is -0.393 e. The topological polar surface area (TPSA) is 69.6 Å². The van der Waals surface area contributed by atoms with Crippen LogP contribution in [0.25, 0.3) is 0 Å². The van der Waals surface area contributed by atoms with Crippen LogP contribution in [0.2, 0.25) is 0 Å². The molecule has 0 aromatic heterocycles. The highest BCUT2D eigenvalue weighted by atomic mass is 16.3. The van der Waals surface area contributed by atoms with Crippen LogP contribution in [0, 0.1) is 64.1 Å². The van der Waals surface area contributed by atoms with Crippen molar-refractivity contribution in [1.29, 1.82) is 0 Å². The Labute approximate surface area is 219 Å². The molecule has 3 N–H and O–H groups in total. The molecular weight excluding hydrogens is 446 g/mol. The van der Waals surface area contributed by atoms with E-state index in [-0.39, 0.29) is 18.1 Å². The summed E-state index contributed by atoms with van der Waals surface area (Å²) in [5, 5.41) is 25.1. The van der Waals surface area contributed by atoms with Gasteiger partial charge in [0, 0.05) is 13.0 Å². The van der Waals surface area contributed by atoms with Gasteiger partial charge in [-0.05, 0) is 135 Å². The zero-order valence-corrected chi connectivity index (χ0v) is 23.0. The summed E-state index contributed by atoms with van der Waals surface area (Å²) in [7, 11) is 0. The smallest absolute Gasteiger partial charge is 0.220 e. The largest absolute Gasteiger partial charge is 0.393 e. The standard InChI is InChI=1S/C32H51NO3/c1-19(4-9-29(36)33-18-22-15-20-5-6-21(22)14-20)25-7-8-26-30-27(11-13-32(25,26)3)31(2)12-10-24(34)16-23(31)17-28(30)35/h5-6,19-28,30,34-35H,4,7-18H2,1-3H3,(H,33,36)/t19-,20?,21?,22?,23+,24-,25-,26+,27+,28+,30+,31+,32-/m1/s1. The van der Waals surface area contributed by atoms with Crippen molar-refractivity contribution in [3.8, 4) is 0 Å². The van der Waals surface area contributed by atoms with E-state index in [4.69, 9.17) is 0 Å². The average Bonchev–Trinajstić information content (AvgIpc) is 3.56. The van der Waals surface area contributed by atoms with Crippen molar-refractivity contribution >= 4 is 5.91 Å². The van der Waals surface area contributed by atoms with E-state index in [2.05, 4.69) is 38.2 Å². The molecule has 5 fully saturated rings. The maximum Gasteiger partial charge on any atom is 0.220 e. The number of aliphatic hydroxyl groups is 2. The molecule has 0 aromatic rings. The van der Waals surface area contributed by atoms with Gasteiger partial charge in [-0.3, -0.25) is 4.79 Å². The molecule has 0 heterocycles. The van der Waals surface area contributed by atoms with E-state index in [9.17, 15) is 15.0 Å². The maximum atomic E-state index is 12.7. The summed E-state index contributed by atoms with van der Waals surface area (Å²) in [5.41, 5.74) is 0.589. The third-order valence-corrected chi connectivity index (χ3v) is 13.2. The molecule has 0 saturated heterocycles. The molecule has 0 radical (unpaired) electrons. The second-order valence-corrected chi connectivity index (χ2v) is 14.8. The van der Waals surface area contributed by atoms with E-state index >= 15 is 0 Å². The average molecular weight is 498 g/mol. The van der Waals surface area contributed by atoms with Crippen molar-refractivity contribution in [2.24, 2.45) is 64.1 Å². The first-order valence-corrected chi connectivity index (χ1v) is 15.5. The van der Waals surface area contributed by atoms with Gasteiger partial charge in [0.2, 0.25) is 5.91 Å². The molecule has 3 unspecified atom stereocenters. The lowest BCUT2D eigenvalue weighted by Crippen LogP contribution is -2.58. The molecule has 5 saturated carbocycles. The predicted molar refractivity (Wildman–Crippen MR) is 143 cm³/mol. The molecule has 4 heteroatoms. The number of hydrogen-bond acceptors (Lipinski definition) is 3. The maximum absolute atomic E-state index is 12.7. The van der Waals surface area contributed by atoms with Gasteiger partial charge in [0.25, 0.3) is 0 Å². The zero-order chi connectivity index (χ0) is 25.2. The highest BCUT2D eigenvalue weighted by Gasteiger charge is 2.62. The molecule has 202 valence electrons. The van der Waals surface area contributed by atoms with Crippen molar-refractivity contribution in [3.63, 3.8) is 0 Å². The second kappa shape index (κ2) is 9.40. The lowest BCUT2D eigenvalue weighted by molar-refractivity contribution is -0.174. The summed E-state index contributed by atoms with van der Waals surface area (Å²) in [6.07, 6.45) is 17.4. The third-order valence-electron chi connectivity index (χ3n) is 13.2. The number of carbonyl (C=O) groups is 1. The van der Waals surface area contributed by atoms with Gasteiger partial charge in [-0.25, -0.2) is 0 Å². The van der Waals surface area contributed by atoms with E-state index in [1.807, 2.05) is 0 Å². The first-order chi connectivity index (χ1) is 17.2. The van der Waals surface area contributed by atoms with Crippen molar-refractivity contribution in [1.82, 2.24) is 5.32 Å². The Morgan fingerprint density at radius 2 is 1.75 bits per heavy atom. The Balaban J connectivity index is 1.06. The summed E-state index contributed by atoms with van der Waals surface area (Å²) >= 11 is 0. The van der Waals surface area contributed by atoms with Crippen LogP contribution >= 0.6 is 0 Å². The van der Waals surface area contributed by atoms with E-state index < -0.39 is 0 Å². The molecular formula is C32H51NO3. The molecule has 0 aromatic carbocycles. The minimum absolute atomic E-state index is 0.167. The molecule has 13 atom stereocenters. The fraction of sp³-hybridized carbons (Fsp3) is 0.906. The Morgan fingerprint density at radius 3 is 2.50 bits per heavy atom. The molecule has 0 spiro atoms. The SMILES string of the molecule is C[C@H](CCC(=O)NCC1CC2C=CC1C2)[C@H]1CC[C@H]2[C@@H]3[C@@H](O)C[C@@H]4C[C@H](O)CC[C@]4(C)[C@H]3CC[C@]12C. The van der Waals surface area contributed by atoms with Crippen LogP contribution in [-0.4, -0.2) is 34.9 Å². The van der Waals surface area contributed by atoms with Crippen molar-refractivity contribution in [2.75, 3.05) is 6.54 Å². The Kier molecular flexibility index (Phi) is 6.63. The number of hydrogen-bond donors (Lipinski definition) is 3. The van der Waals surface area contributed by atoms with Crippen LogP contribution < -0.4 is 5.32 Å². The van der Waals surface area contributed by atoms with Gasteiger partial charge in [0.05, 0.1) is 12.2 Å². The molecule has 2 bridgehead atoms. The molecule has 36 heavy (non-hydrogen) atoms. The fourth-order valence-corrected chi connectivity index (χ4v) is 11.2. The number of fused-ring (bicyclic) bond motifs is 7. The molecule has 6 rings (SSSR count). The predicted octanol–water partition coefficient (Wildman–Crippen LogP) is 5.72. The van der Waals surface area contributed by atoms with E-state index in [0.29, 0.717) is 64.6 Å². The van der Waals surface area contributed by atoms with E-state index in [1.165, 1.54) is 38.5 Å². The van der Waals surface area contributed by atoms with Gasteiger partial charge in [-0.15, -0.1) is 0 Å². The van der Waals surface area contributed by atoms with Gasteiger partial charge < -0.3 is 15.5 Å². The third kappa shape index (κ3) is 4.12. The van der Waals surface area contributed by atoms with Crippen LogP contribution in [0.1, 0.15) is 97.8 Å². The Bertz CT molecular complexity index is 871. The zero-order valence-electron chi connectivity index (χ0n) is 23.0. The number of rotatable bonds is 6. The highest BCUT2D eigenvalue weighted by Crippen LogP contribution is 2.68. The van der Waals surface area contributed by atoms with Crippen molar-refractivity contribution < 1.29 is 15.0 Å². The van der Waals surface area contributed by atoms with E-state index in [0.717, 1.165) is 44.6 Å². The first kappa shape index (κ1) is 25.4. The van der Waals surface area contributed by atoms with Gasteiger partial charge >= 0.3 is 0 Å². The number of nitrogens with one attached hydrogen (secondary N) is 1. The normalized spacial score (nSPS) is 51.9. The van der Waals surface area contributed by atoms with Crippen LogP contribution in [0.15, 0.2) is 12.2 Å². The van der Waals surface area contributed by atoms with Gasteiger partial charge in [-0.2, -0.15) is 0 Å². The van der Waals surface area contributed by atoms with Crippen LogP contribution in [0.3, 0.4) is 0 Å². The summed E-state index contributed by atoms with van der Waals surface area (Å²) in [4.78, 5) is 12.7. The summed E-state index contributed by atoms with van der Waals surface area (Å²) in [5.74, 6) is 5.72. The number of amides is 1. The van der Waals surface area contributed by atoms with Gasteiger partial charge in [-0.1, -0.05) is 32.9 Å². The summed E-state index contributed by atoms with van der Waals surface area (Å²) < 4.78 is 0. The van der Waals surface area contributed by atoms with Gasteiger partial charge in [0.15, 0.2) is 0 Å². The fourth-order valence-electron chi connectivity index (χ4n) is 11.2. The number of allylic oxidation sites excluding steroid dienone is 2. The quantitative estimate of drug-likeness (QED) is 0.411. The minimum atomic E-state index is -0.205. The monoisotopic (exact) mass is 497 g/mol. The van der Waals surface area contributed by atoms with Crippen molar-refractivity contribution in [2.45, 2.75) is 110 Å². The Hall–Kier alpha value is -0.870. The second-order valence-electron chi connectivity index (χ2n) is 14.8. The number of aliphatic hydroxyl groups excluding tert-OH is 2. The summed E-state index contributed by atoms with van der Waals surface area (Å²) in [6.45, 7) is 8.29. The van der Waals surface area contributed by atoms with Gasteiger partial charge in [0.1, 0.15) is 0 Å². The molecule has 6 aliphatic carbocycles. The lowest BCUT2D eigenvalue weighted by atomic mass is 9.43. The van der Waals surface area contributed by atoms with Crippen LogP contribution in [0.5, 0.6) is 0 Å². The first-order valence-electron chi connectivity index (χ1n) is 15.5. The highest BCUT2D eigenvalue weighted by molar-refractivity contribution is 5.75. The van der Waals surface area contributed by atoms with E-state index in [1.54, 1.807) is 0 Å². The lowest BCUT2D eigenvalue weighted by Gasteiger charge is -2.62. The van der Waals surface area contributed by atoms with Crippen LogP contribution in [0.4, 0.5) is 0 Å². The molecule has 4 nitrogen and oxygen atoms in total. The Morgan fingerprint density at radius 1 is 0.972 bits per heavy atom. The summed E-state index contributed by atoms with van der Waals surface area (Å²) in [6, 6.07) is 0. The number of carbonyl (C=O) groups excluding carboxylic acids is 1. The van der Waals surface area contributed by atoms with Crippen LogP contribution in [-0.2, 0) is 4.79 Å². The molecule has 0 aliphatic heterocycles.